The van der Waals surface area contributed by atoms with Crippen molar-refractivity contribution in [3.8, 4) is 0 Å². The van der Waals surface area contributed by atoms with Crippen LogP contribution in [-0.4, -0.2) is 34.1 Å². The van der Waals surface area contributed by atoms with E-state index in [-0.39, 0.29) is 0 Å². The molecule has 0 spiro atoms. The summed E-state index contributed by atoms with van der Waals surface area (Å²) in [5, 5.41) is 5.42. The standard InChI is InChI=1S/C19H20Cl3N5/c20-13-7-12(8-14(21)9-13)10-23-15-3-1-2-6-27(11-15)19-24-16-4-5-17(22)25-18(16)26-19/h4-5,7-9,15,23H,1-3,6,10-11H2,(H,24,25,26). The van der Waals surface area contributed by atoms with Crippen LogP contribution in [0.3, 0.4) is 0 Å². The number of aromatic nitrogens is 3. The van der Waals surface area contributed by atoms with Gasteiger partial charge in [0.25, 0.3) is 0 Å². The van der Waals surface area contributed by atoms with E-state index in [2.05, 4.69) is 25.2 Å². The summed E-state index contributed by atoms with van der Waals surface area (Å²) in [6.45, 7) is 2.58. The molecule has 5 nitrogen and oxygen atoms in total. The summed E-state index contributed by atoms with van der Waals surface area (Å²) < 4.78 is 0. The molecule has 8 heteroatoms. The van der Waals surface area contributed by atoms with Crippen molar-refractivity contribution in [1.82, 2.24) is 20.3 Å². The van der Waals surface area contributed by atoms with Gasteiger partial charge in [0.1, 0.15) is 5.15 Å². The average molecular weight is 425 g/mol. The second-order valence-electron chi connectivity index (χ2n) is 6.86. The Morgan fingerprint density at radius 1 is 1.07 bits per heavy atom. The number of rotatable bonds is 4. The maximum Gasteiger partial charge on any atom is 0.205 e. The molecule has 1 atom stereocenters. The van der Waals surface area contributed by atoms with Gasteiger partial charge in [0.2, 0.25) is 5.95 Å². The third kappa shape index (κ3) is 4.66. The molecule has 0 amide bonds. The van der Waals surface area contributed by atoms with Crippen LogP contribution in [0, 0.1) is 0 Å². The normalized spacial score (nSPS) is 18.0. The number of hydrogen-bond donors (Lipinski definition) is 2. The maximum absolute atomic E-state index is 6.10. The van der Waals surface area contributed by atoms with Crippen LogP contribution in [0.5, 0.6) is 0 Å². The molecular weight excluding hydrogens is 405 g/mol. The first-order chi connectivity index (χ1) is 13.1. The van der Waals surface area contributed by atoms with Gasteiger partial charge in [-0.15, -0.1) is 0 Å². The Hall–Kier alpha value is -1.53. The zero-order valence-electron chi connectivity index (χ0n) is 14.7. The van der Waals surface area contributed by atoms with Gasteiger partial charge in [-0.2, -0.15) is 4.98 Å². The number of nitrogens with one attached hydrogen (secondary N) is 2. The predicted molar refractivity (Wildman–Crippen MR) is 112 cm³/mol. The van der Waals surface area contributed by atoms with Gasteiger partial charge in [-0.05, 0) is 48.7 Å². The van der Waals surface area contributed by atoms with E-state index in [0.29, 0.717) is 26.9 Å². The van der Waals surface area contributed by atoms with Crippen molar-refractivity contribution in [2.75, 3.05) is 18.0 Å². The monoisotopic (exact) mass is 423 g/mol. The highest BCUT2D eigenvalue weighted by Gasteiger charge is 2.20. The number of anilines is 1. The number of benzene rings is 1. The van der Waals surface area contributed by atoms with E-state index in [1.165, 1.54) is 6.42 Å². The van der Waals surface area contributed by atoms with E-state index in [9.17, 15) is 0 Å². The highest BCUT2D eigenvalue weighted by Crippen LogP contribution is 2.22. The van der Waals surface area contributed by atoms with E-state index >= 15 is 0 Å². The fraction of sp³-hybridized carbons (Fsp3) is 0.368. The number of fused-ring (bicyclic) bond motifs is 1. The van der Waals surface area contributed by atoms with Crippen LogP contribution >= 0.6 is 34.8 Å². The lowest BCUT2D eigenvalue weighted by Crippen LogP contribution is -2.39. The second-order valence-corrected chi connectivity index (χ2v) is 8.12. The topological polar surface area (TPSA) is 56.8 Å². The van der Waals surface area contributed by atoms with E-state index in [0.717, 1.165) is 49.5 Å². The zero-order chi connectivity index (χ0) is 18.8. The lowest BCUT2D eigenvalue weighted by Gasteiger charge is -2.24. The molecule has 142 valence electrons. The molecule has 1 saturated heterocycles. The molecule has 2 N–H and O–H groups in total. The van der Waals surface area contributed by atoms with Crippen LogP contribution in [-0.2, 0) is 6.54 Å². The Balaban J connectivity index is 1.46. The van der Waals surface area contributed by atoms with E-state index < -0.39 is 0 Å². The number of pyridine rings is 1. The van der Waals surface area contributed by atoms with Crippen molar-refractivity contribution < 1.29 is 0 Å². The molecule has 1 aromatic carbocycles. The number of imidazole rings is 1. The minimum Gasteiger partial charge on any atom is -0.341 e. The van der Waals surface area contributed by atoms with Crippen LogP contribution in [0.25, 0.3) is 11.2 Å². The van der Waals surface area contributed by atoms with Crippen LogP contribution in [0.15, 0.2) is 30.3 Å². The zero-order valence-corrected chi connectivity index (χ0v) is 17.0. The van der Waals surface area contributed by atoms with Crippen molar-refractivity contribution in [2.24, 2.45) is 0 Å². The van der Waals surface area contributed by atoms with Crippen molar-refractivity contribution >= 4 is 51.9 Å². The van der Waals surface area contributed by atoms with Crippen LogP contribution in [0.4, 0.5) is 5.95 Å². The molecule has 3 heterocycles. The Morgan fingerprint density at radius 2 is 1.89 bits per heavy atom. The summed E-state index contributed by atoms with van der Waals surface area (Å²) in [6.07, 6.45) is 3.43. The molecule has 27 heavy (non-hydrogen) atoms. The van der Waals surface area contributed by atoms with Crippen molar-refractivity contribution in [3.63, 3.8) is 0 Å². The minimum absolute atomic E-state index is 0.356. The highest BCUT2D eigenvalue weighted by atomic mass is 35.5. The van der Waals surface area contributed by atoms with Crippen LogP contribution in [0.2, 0.25) is 15.2 Å². The summed E-state index contributed by atoms with van der Waals surface area (Å²) >= 11 is 18.2. The van der Waals surface area contributed by atoms with E-state index in [4.69, 9.17) is 34.8 Å². The van der Waals surface area contributed by atoms with Gasteiger partial charge in [-0.25, -0.2) is 4.98 Å². The molecule has 0 bridgehead atoms. The molecule has 1 aliphatic rings. The third-order valence-corrected chi connectivity index (χ3v) is 5.43. The molecule has 0 saturated carbocycles. The van der Waals surface area contributed by atoms with Crippen LogP contribution < -0.4 is 10.2 Å². The molecule has 0 radical (unpaired) electrons. The third-order valence-electron chi connectivity index (χ3n) is 4.79. The second kappa shape index (κ2) is 8.23. The molecule has 1 unspecified atom stereocenters. The molecule has 3 aromatic rings. The Bertz CT molecular complexity index is 922. The fourth-order valence-electron chi connectivity index (χ4n) is 3.48. The molecule has 1 fully saturated rings. The summed E-state index contributed by atoms with van der Waals surface area (Å²) in [5.74, 6) is 0.847. The van der Waals surface area contributed by atoms with Crippen molar-refractivity contribution in [1.29, 1.82) is 0 Å². The van der Waals surface area contributed by atoms with Gasteiger partial charge in [-0.3, -0.25) is 0 Å². The Morgan fingerprint density at radius 3 is 2.70 bits per heavy atom. The molecule has 1 aliphatic heterocycles. The van der Waals surface area contributed by atoms with Gasteiger partial charge in [0, 0.05) is 35.7 Å². The lowest BCUT2D eigenvalue weighted by molar-refractivity contribution is 0.486. The van der Waals surface area contributed by atoms with Gasteiger partial charge < -0.3 is 15.2 Å². The first kappa shape index (κ1) is 18.8. The average Bonchev–Trinajstić information content (AvgIpc) is 2.89. The number of nitrogens with zero attached hydrogens (tertiary/aromatic N) is 3. The molecule has 2 aromatic heterocycles. The van der Waals surface area contributed by atoms with Crippen molar-refractivity contribution in [2.45, 2.75) is 31.8 Å². The van der Waals surface area contributed by atoms with E-state index in [1.54, 1.807) is 12.1 Å². The predicted octanol–water partition coefficient (Wildman–Crippen LogP) is 5.07. The molecule has 0 aliphatic carbocycles. The van der Waals surface area contributed by atoms with Gasteiger partial charge >= 0.3 is 0 Å². The SMILES string of the molecule is Clc1cc(Cl)cc(CNC2CCCCN(c3nc4nc(Cl)ccc4[nH]3)C2)c1. The first-order valence-corrected chi connectivity index (χ1v) is 10.2. The summed E-state index contributed by atoms with van der Waals surface area (Å²) in [7, 11) is 0. The van der Waals surface area contributed by atoms with Gasteiger partial charge in [-0.1, -0.05) is 41.2 Å². The van der Waals surface area contributed by atoms with E-state index in [1.807, 2.05) is 18.2 Å². The minimum atomic E-state index is 0.356. The maximum atomic E-state index is 6.10. The quantitative estimate of drug-likeness (QED) is 0.574. The first-order valence-electron chi connectivity index (χ1n) is 9.02. The summed E-state index contributed by atoms with van der Waals surface area (Å²) in [5.41, 5.74) is 2.64. The molecule has 4 rings (SSSR count). The largest absolute Gasteiger partial charge is 0.341 e. The number of H-pyrrole nitrogens is 1. The summed E-state index contributed by atoms with van der Waals surface area (Å²) in [6, 6.07) is 9.69. The number of hydrogen-bond acceptors (Lipinski definition) is 4. The van der Waals surface area contributed by atoms with Crippen molar-refractivity contribution in [3.05, 3.63) is 51.1 Å². The highest BCUT2D eigenvalue weighted by molar-refractivity contribution is 6.34. The van der Waals surface area contributed by atoms with Crippen LogP contribution in [0.1, 0.15) is 24.8 Å². The molecular formula is C19H20Cl3N5. The van der Waals surface area contributed by atoms with Gasteiger partial charge in [0.05, 0.1) is 5.52 Å². The smallest absolute Gasteiger partial charge is 0.205 e. The number of aromatic amines is 1. The number of halogens is 3. The summed E-state index contributed by atoms with van der Waals surface area (Å²) in [4.78, 5) is 14.6. The lowest BCUT2D eigenvalue weighted by atomic mass is 10.1. The Labute approximate surface area is 173 Å². The Kier molecular flexibility index (Phi) is 5.74. The van der Waals surface area contributed by atoms with Gasteiger partial charge in [0.15, 0.2) is 5.65 Å². The fourth-order valence-corrected chi connectivity index (χ4v) is 4.20.